The Morgan fingerprint density at radius 1 is 1.45 bits per heavy atom. The standard InChI is InChI=1S/C13H12N4O3/c1-19-10-5-8(6-14)3-4-9(10)17-7-16-11(12(17)15)13(18)20-2/h3-5,7H,15H2,1-2H3. The third-order valence-corrected chi connectivity index (χ3v) is 2.75. The first-order valence-electron chi connectivity index (χ1n) is 5.62. The van der Waals surface area contributed by atoms with Crippen molar-refractivity contribution in [3.05, 3.63) is 35.8 Å². The number of aromatic nitrogens is 2. The average Bonchev–Trinajstić information content (AvgIpc) is 2.87. The van der Waals surface area contributed by atoms with Crippen LogP contribution in [0.4, 0.5) is 5.82 Å². The Morgan fingerprint density at radius 2 is 2.20 bits per heavy atom. The molecule has 1 heterocycles. The third kappa shape index (κ3) is 2.14. The number of imidazole rings is 1. The van der Waals surface area contributed by atoms with Crippen LogP contribution in [0.25, 0.3) is 5.69 Å². The highest BCUT2D eigenvalue weighted by atomic mass is 16.5. The molecule has 0 radical (unpaired) electrons. The zero-order chi connectivity index (χ0) is 14.7. The molecule has 0 unspecified atom stereocenters. The number of methoxy groups -OCH3 is 2. The lowest BCUT2D eigenvalue weighted by molar-refractivity contribution is 0.0596. The summed E-state index contributed by atoms with van der Waals surface area (Å²) in [5, 5.41) is 8.87. The minimum absolute atomic E-state index is 0.0268. The van der Waals surface area contributed by atoms with Gasteiger partial charge in [-0.3, -0.25) is 4.57 Å². The Bertz CT molecular complexity index is 700. The van der Waals surface area contributed by atoms with Crippen LogP contribution >= 0.6 is 0 Å². The molecule has 2 N–H and O–H groups in total. The molecule has 0 aliphatic heterocycles. The number of hydrogen-bond donors (Lipinski definition) is 1. The highest BCUT2D eigenvalue weighted by Crippen LogP contribution is 2.27. The molecule has 0 atom stereocenters. The number of ether oxygens (including phenoxy) is 2. The van der Waals surface area contributed by atoms with Gasteiger partial charge in [0.05, 0.1) is 31.5 Å². The van der Waals surface area contributed by atoms with Gasteiger partial charge in [0, 0.05) is 6.07 Å². The maximum Gasteiger partial charge on any atom is 0.360 e. The molecule has 0 amide bonds. The summed E-state index contributed by atoms with van der Waals surface area (Å²) in [6, 6.07) is 6.88. The van der Waals surface area contributed by atoms with Gasteiger partial charge in [-0.15, -0.1) is 0 Å². The largest absolute Gasteiger partial charge is 0.495 e. The number of nitrogens with zero attached hydrogens (tertiary/aromatic N) is 3. The number of rotatable bonds is 3. The minimum Gasteiger partial charge on any atom is -0.495 e. The Labute approximate surface area is 115 Å². The van der Waals surface area contributed by atoms with Crippen molar-refractivity contribution in [1.29, 1.82) is 5.26 Å². The lowest BCUT2D eigenvalue weighted by Crippen LogP contribution is -2.08. The van der Waals surface area contributed by atoms with Gasteiger partial charge in [0.25, 0.3) is 0 Å². The Morgan fingerprint density at radius 3 is 2.80 bits per heavy atom. The van der Waals surface area contributed by atoms with Gasteiger partial charge in [-0.2, -0.15) is 5.26 Å². The van der Waals surface area contributed by atoms with Gasteiger partial charge in [-0.25, -0.2) is 9.78 Å². The summed E-state index contributed by atoms with van der Waals surface area (Å²) in [5.74, 6) is -0.0294. The second-order valence-corrected chi connectivity index (χ2v) is 3.84. The Hall–Kier alpha value is -3.01. The molecule has 7 nitrogen and oxygen atoms in total. The van der Waals surface area contributed by atoms with E-state index in [0.717, 1.165) is 0 Å². The summed E-state index contributed by atoms with van der Waals surface area (Å²) in [5.41, 5.74) is 6.94. The van der Waals surface area contributed by atoms with E-state index in [2.05, 4.69) is 9.72 Å². The molecule has 0 aliphatic rings. The number of benzene rings is 1. The van der Waals surface area contributed by atoms with Gasteiger partial charge in [0.2, 0.25) is 0 Å². The lowest BCUT2D eigenvalue weighted by atomic mass is 10.2. The number of nitriles is 1. The fourth-order valence-electron chi connectivity index (χ4n) is 1.75. The molecular weight excluding hydrogens is 260 g/mol. The Balaban J connectivity index is 2.55. The molecule has 2 rings (SSSR count). The van der Waals surface area contributed by atoms with E-state index in [9.17, 15) is 4.79 Å². The number of anilines is 1. The van der Waals surface area contributed by atoms with Crippen molar-refractivity contribution in [3.63, 3.8) is 0 Å². The molecular formula is C13H12N4O3. The maximum atomic E-state index is 11.5. The average molecular weight is 272 g/mol. The number of hydrogen-bond acceptors (Lipinski definition) is 6. The summed E-state index contributed by atoms with van der Waals surface area (Å²) in [4.78, 5) is 15.4. The normalized spacial score (nSPS) is 9.85. The molecule has 7 heteroatoms. The highest BCUT2D eigenvalue weighted by molar-refractivity contribution is 5.92. The summed E-state index contributed by atoms with van der Waals surface area (Å²) in [6.07, 6.45) is 1.39. The number of esters is 1. The first-order chi connectivity index (χ1) is 9.62. The van der Waals surface area contributed by atoms with Crippen LogP contribution in [-0.2, 0) is 4.74 Å². The van der Waals surface area contributed by atoms with Gasteiger partial charge in [0.15, 0.2) is 5.69 Å². The molecule has 0 spiro atoms. The van der Waals surface area contributed by atoms with Crippen LogP contribution in [0.3, 0.4) is 0 Å². The zero-order valence-electron chi connectivity index (χ0n) is 11.0. The highest BCUT2D eigenvalue weighted by Gasteiger charge is 2.18. The molecule has 1 aromatic carbocycles. The summed E-state index contributed by atoms with van der Waals surface area (Å²) >= 11 is 0. The number of nitrogen functional groups attached to an aromatic ring is 1. The quantitative estimate of drug-likeness (QED) is 0.840. The van der Waals surface area contributed by atoms with E-state index in [1.165, 1.54) is 25.1 Å². The molecule has 20 heavy (non-hydrogen) atoms. The van der Waals surface area contributed by atoms with Crippen LogP contribution in [0, 0.1) is 11.3 Å². The predicted molar refractivity (Wildman–Crippen MR) is 70.6 cm³/mol. The molecule has 0 bridgehead atoms. The first kappa shape index (κ1) is 13.4. The molecule has 0 fully saturated rings. The van der Waals surface area contributed by atoms with Crippen LogP contribution < -0.4 is 10.5 Å². The van der Waals surface area contributed by atoms with Crippen LogP contribution in [0.2, 0.25) is 0 Å². The fraction of sp³-hybridized carbons (Fsp3) is 0.154. The molecule has 1 aromatic heterocycles. The Kier molecular flexibility index (Phi) is 3.57. The second kappa shape index (κ2) is 5.32. The van der Waals surface area contributed by atoms with E-state index < -0.39 is 5.97 Å². The summed E-state index contributed by atoms with van der Waals surface area (Å²) in [7, 11) is 2.73. The molecule has 2 aromatic rings. The molecule has 0 aliphatic carbocycles. The zero-order valence-corrected chi connectivity index (χ0v) is 11.0. The van der Waals surface area contributed by atoms with Crippen molar-refractivity contribution in [2.24, 2.45) is 0 Å². The van der Waals surface area contributed by atoms with E-state index in [-0.39, 0.29) is 11.5 Å². The topological polar surface area (TPSA) is 103 Å². The molecule has 102 valence electrons. The monoisotopic (exact) mass is 272 g/mol. The van der Waals surface area contributed by atoms with Gasteiger partial charge < -0.3 is 15.2 Å². The number of nitrogens with two attached hydrogens (primary N) is 1. The van der Waals surface area contributed by atoms with E-state index >= 15 is 0 Å². The van der Waals surface area contributed by atoms with Crippen LogP contribution in [0.1, 0.15) is 16.1 Å². The number of carbonyl (C=O) groups is 1. The summed E-state index contributed by atoms with van der Waals surface area (Å²) < 4.78 is 11.3. The van der Waals surface area contributed by atoms with E-state index in [1.807, 2.05) is 6.07 Å². The van der Waals surface area contributed by atoms with Gasteiger partial charge >= 0.3 is 5.97 Å². The molecule has 0 saturated heterocycles. The fourth-order valence-corrected chi connectivity index (χ4v) is 1.75. The SMILES string of the molecule is COC(=O)c1ncn(-c2ccc(C#N)cc2OC)c1N. The van der Waals surface area contributed by atoms with Crippen molar-refractivity contribution >= 4 is 11.8 Å². The van der Waals surface area contributed by atoms with Crippen LogP contribution in [0.15, 0.2) is 24.5 Å². The van der Waals surface area contributed by atoms with Crippen molar-refractivity contribution in [2.75, 3.05) is 20.0 Å². The van der Waals surface area contributed by atoms with Crippen molar-refractivity contribution in [2.45, 2.75) is 0 Å². The van der Waals surface area contributed by atoms with Gasteiger partial charge in [0.1, 0.15) is 17.9 Å². The molecule has 0 saturated carbocycles. The van der Waals surface area contributed by atoms with E-state index in [4.69, 9.17) is 15.7 Å². The van der Waals surface area contributed by atoms with E-state index in [1.54, 1.807) is 18.2 Å². The lowest BCUT2D eigenvalue weighted by Gasteiger charge is -2.10. The van der Waals surface area contributed by atoms with Crippen molar-refractivity contribution < 1.29 is 14.3 Å². The van der Waals surface area contributed by atoms with E-state index in [0.29, 0.717) is 17.0 Å². The first-order valence-corrected chi connectivity index (χ1v) is 5.62. The van der Waals surface area contributed by atoms with Gasteiger partial charge in [-0.1, -0.05) is 0 Å². The second-order valence-electron chi connectivity index (χ2n) is 3.84. The van der Waals surface area contributed by atoms with Crippen LogP contribution in [0.5, 0.6) is 5.75 Å². The minimum atomic E-state index is -0.617. The maximum absolute atomic E-state index is 11.5. The smallest absolute Gasteiger partial charge is 0.360 e. The van der Waals surface area contributed by atoms with Crippen LogP contribution in [-0.4, -0.2) is 29.7 Å². The summed E-state index contributed by atoms with van der Waals surface area (Å²) in [6.45, 7) is 0. The van der Waals surface area contributed by atoms with Crippen molar-refractivity contribution in [3.8, 4) is 17.5 Å². The van der Waals surface area contributed by atoms with Crippen molar-refractivity contribution in [1.82, 2.24) is 9.55 Å². The number of carbonyl (C=O) groups excluding carboxylic acids is 1. The van der Waals surface area contributed by atoms with Gasteiger partial charge in [-0.05, 0) is 12.1 Å². The third-order valence-electron chi connectivity index (χ3n) is 2.75. The predicted octanol–water partition coefficient (Wildman–Crippen LogP) is 1.12.